The van der Waals surface area contributed by atoms with Crippen LogP contribution < -0.4 is 10.6 Å². The maximum absolute atomic E-state index is 13.6. The summed E-state index contributed by atoms with van der Waals surface area (Å²) in [6.45, 7) is 4.04. The number of halogens is 2. The number of pyridine rings is 1. The van der Waals surface area contributed by atoms with Crippen molar-refractivity contribution in [3.8, 4) is 0 Å². The summed E-state index contributed by atoms with van der Waals surface area (Å²) in [5.74, 6) is 0.552. The van der Waals surface area contributed by atoms with Gasteiger partial charge < -0.3 is 10.6 Å². The fourth-order valence-corrected chi connectivity index (χ4v) is 2.32. The molecule has 2 N–H and O–H groups in total. The summed E-state index contributed by atoms with van der Waals surface area (Å²) in [7, 11) is 0. The predicted molar refractivity (Wildman–Crippen MR) is 97.0 cm³/mol. The third kappa shape index (κ3) is 6.16. The van der Waals surface area contributed by atoms with Crippen molar-refractivity contribution < 1.29 is 4.39 Å². The van der Waals surface area contributed by atoms with Gasteiger partial charge in [-0.3, -0.25) is 4.99 Å². The Morgan fingerprint density at radius 2 is 2.00 bits per heavy atom. The van der Waals surface area contributed by atoms with Crippen molar-refractivity contribution in [1.82, 2.24) is 15.6 Å². The fourth-order valence-electron chi connectivity index (χ4n) is 2.21. The molecule has 6 heteroatoms. The van der Waals surface area contributed by atoms with E-state index in [1.165, 1.54) is 6.07 Å². The minimum absolute atomic E-state index is 0.180. The minimum Gasteiger partial charge on any atom is -0.357 e. The predicted octanol–water partition coefficient (Wildman–Crippen LogP) is 3.21. The molecule has 0 unspecified atom stereocenters. The van der Waals surface area contributed by atoms with Crippen LogP contribution in [0.15, 0.2) is 47.6 Å². The van der Waals surface area contributed by atoms with E-state index in [2.05, 4.69) is 20.6 Å². The highest BCUT2D eigenvalue weighted by atomic mass is 35.5. The van der Waals surface area contributed by atoms with E-state index in [0.29, 0.717) is 23.7 Å². The van der Waals surface area contributed by atoms with Crippen LogP contribution in [0.3, 0.4) is 0 Å². The Balaban J connectivity index is 1.82. The molecule has 0 bridgehead atoms. The van der Waals surface area contributed by atoms with E-state index in [4.69, 9.17) is 11.6 Å². The molecule has 2 aromatic rings. The van der Waals surface area contributed by atoms with Gasteiger partial charge in [0.25, 0.3) is 0 Å². The molecule has 0 spiro atoms. The Bertz CT molecular complexity index is 658. The fraction of sp³-hybridized carbons (Fsp3) is 0.333. The molecule has 1 aromatic carbocycles. The molecule has 4 nitrogen and oxygen atoms in total. The maximum Gasteiger partial charge on any atom is 0.191 e. The zero-order valence-electron chi connectivity index (χ0n) is 13.7. The third-order valence-corrected chi connectivity index (χ3v) is 3.67. The Hall–Kier alpha value is -2.14. The number of nitrogens with one attached hydrogen (secondary N) is 2. The van der Waals surface area contributed by atoms with Crippen LogP contribution in [0.2, 0.25) is 5.15 Å². The number of hydrogen-bond acceptors (Lipinski definition) is 2. The van der Waals surface area contributed by atoms with Gasteiger partial charge in [-0.15, -0.1) is 0 Å². The van der Waals surface area contributed by atoms with E-state index in [9.17, 15) is 4.39 Å². The number of aromatic nitrogens is 1. The highest BCUT2D eigenvalue weighted by molar-refractivity contribution is 6.29. The number of benzene rings is 1. The normalized spacial score (nSPS) is 11.4. The van der Waals surface area contributed by atoms with Crippen molar-refractivity contribution in [3.05, 3.63) is 64.7 Å². The van der Waals surface area contributed by atoms with Crippen LogP contribution in [-0.2, 0) is 12.8 Å². The van der Waals surface area contributed by atoms with Crippen molar-refractivity contribution >= 4 is 17.6 Å². The molecule has 0 atom stereocenters. The molecular weight excluding hydrogens is 327 g/mol. The van der Waals surface area contributed by atoms with E-state index in [0.717, 1.165) is 31.0 Å². The molecule has 0 aliphatic carbocycles. The molecule has 1 heterocycles. The van der Waals surface area contributed by atoms with E-state index in [1.807, 2.05) is 19.1 Å². The van der Waals surface area contributed by atoms with Crippen molar-refractivity contribution in [1.29, 1.82) is 0 Å². The summed E-state index contributed by atoms with van der Waals surface area (Å²) in [6, 6.07) is 10.5. The smallest absolute Gasteiger partial charge is 0.191 e. The Kier molecular flexibility index (Phi) is 7.49. The molecule has 128 valence electrons. The summed E-state index contributed by atoms with van der Waals surface area (Å²) in [5.41, 5.74) is 1.79. The summed E-state index contributed by atoms with van der Waals surface area (Å²) in [6.07, 6.45) is 3.17. The molecular formula is C18H22ClFN4. The lowest BCUT2D eigenvalue weighted by molar-refractivity contribution is 0.609. The second-order valence-electron chi connectivity index (χ2n) is 5.27. The van der Waals surface area contributed by atoms with Crippen molar-refractivity contribution in [2.24, 2.45) is 4.99 Å². The van der Waals surface area contributed by atoms with Crippen LogP contribution in [0.5, 0.6) is 0 Å². The number of guanidine groups is 1. The van der Waals surface area contributed by atoms with Gasteiger partial charge in [0, 0.05) is 25.8 Å². The highest BCUT2D eigenvalue weighted by Gasteiger charge is 2.01. The van der Waals surface area contributed by atoms with Gasteiger partial charge in [0.1, 0.15) is 11.0 Å². The number of rotatable bonds is 7. The van der Waals surface area contributed by atoms with Crippen molar-refractivity contribution in [3.63, 3.8) is 0 Å². The first-order valence-electron chi connectivity index (χ1n) is 8.05. The van der Waals surface area contributed by atoms with Gasteiger partial charge >= 0.3 is 0 Å². The van der Waals surface area contributed by atoms with E-state index in [1.54, 1.807) is 24.4 Å². The summed E-state index contributed by atoms with van der Waals surface area (Å²) in [5, 5.41) is 6.95. The zero-order valence-corrected chi connectivity index (χ0v) is 14.5. The first-order chi connectivity index (χ1) is 11.7. The maximum atomic E-state index is 13.6. The van der Waals surface area contributed by atoms with Crippen LogP contribution in [0.1, 0.15) is 18.1 Å². The van der Waals surface area contributed by atoms with Crippen LogP contribution in [0.4, 0.5) is 4.39 Å². The second-order valence-corrected chi connectivity index (χ2v) is 5.66. The van der Waals surface area contributed by atoms with Crippen LogP contribution in [0.25, 0.3) is 0 Å². The quantitative estimate of drug-likeness (QED) is 0.459. The summed E-state index contributed by atoms with van der Waals surface area (Å²) < 4.78 is 13.6. The average molecular weight is 349 g/mol. The number of hydrogen-bond donors (Lipinski definition) is 2. The zero-order chi connectivity index (χ0) is 17.2. The first-order valence-corrected chi connectivity index (χ1v) is 8.43. The molecule has 0 aliphatic heterocycles. The first kappa shape index (κ1) is 18.2. The van der Waals surface area contributed by atoms with Gasteiger partial charge in [0.2, 0.25) is 0 Å². The van der Waals surface area contributed by atoms with Crippen LogP contribution >= 0.6 is 11.6 Å². The topological polar surface area (TPSA) is 49.3 Å². The van der Waals surface area contributed by atoms with Gasteiger partial charge in [0.05, 0.1) is 0 Å². The lowest BCUT2D eigenvalue weighted by Gasteiger charge is -2.11. The van der Waals surface area contributed by atoms with Gasteiger partial charge in [-0.25, -0.2) is 9.37 Å². The van der Waals surface area contributed by atoms with Gasteiger partial charge in [-0.2, -0.15) is 0 Å². The Morgan fingerprint density at radius 3 is 2.71 bits per heavy atom. The van der Waals surface area contributed by atoms with E-state index in [-0.39, 0.29) is 5.82 Å². The molecule has 1 aromatic heterocycles. The van der Waals surface area contributed by atoms with Crippen LogP contribution in [-0.4, -0.2) is 30.6 Å². The van der Waals surface area contributed by atoms with Crippen molar-refractivity contribution in [2.75, 3.05) is 19.6 Å². The highest BCUT2D eigenvalue weighted by Crippen LogP contribution is 2.07. The Morgan fingerprint density at radius 1 is 1.17 bits per heavy atom. The molecule has 0 saturated heterocycles. The third-order valence-electron chi connectivity index (χ3n) is 3.45. The van der Waals surface area contributed by atoms with Gasteiger partial charge in [0.15, 0.2) is 5.96 Å². The SMILES string of the molecule is CCNC(=NCCc1ccccc1F)NCCc1ccc(Cl)nc1. The number of aliphatic imine (C=N–C) groups is 1. The lowest BCUT2D eigenvalue weighted by atomic mass is 10.1. The second kappa shape index (κ2) is 9.88. The van der Waals surface area contributed by atoms with E-state index < -0.39 is 0 Å². The van der Waals surface area contributed by atoms with Gasteiger partial charge in [-0.05, 0) is 43.0 Å². The monoisotopic (exact) mass is 348 g/mol. The van der Waals surface area contributed by atoms with Gasteiger partial charge in [-0.1, -0.05) is 35.9 Å². The summed E-state index contributed by atoms with van der Waals surface area (Å²) >= 11 is 5.77. The molecule has 2 rings (SSSR count). The summed E-state index contributed by atoms with van der Waals surface area (Å²) in [4.78, 5) is 8.55. The molecule has 0 fully saturated rings. The number of nitrogens with zero attached hydrogens (tertiary/aromatic N) is 2. The largest absolute Gasteiger partial charge is 0.357 e. The standard InChI is InChI=1S/C18H22ClFN4/c1-2-21-18(22-11-9-14-7-8-17(19)24-13-14)23-12-10-15-5-3-4-6-16(15)20/h3-8,13H,2,9-12H2,1H3,(H2,21,22,23). The molecule has 0 aliphatic rings. The Labute approximate surface area is 147 Å². The molecule has 24 heavy (non-hydrogen) atoms. The lowest BCUT2D eigenvalue weighted by Crippen LogP contribution is -2.38. The minimum atomic E-state index is -0.180. The van der Waals surface area contributed by atoms with E-state index >= 15 is 0 Å². The molecule has 0 radical (unpaired) electrons. The molecule has 0 amide bonds. The van der Waals surface area contributed by atoms with Crippen molar-refractivity contribution in [2.45, 2.75) is 19.8 Å². The average Bonchev–Trinajstić information content (AvgIpc) is 2.58. The van der Waals surface area contributed by atoms with Crippen LogP contribution in [0, 0.1) is 5.82 Å². The molecule has 0 saturated carbocycles.